The molecule has 118 valence electrons. The molecule has 0 radical (unpaired) electrons. The molecule has 2 aliphatic carbocycles. The van der Waals surface area contributed by atoms with Gasteiger partial charge in [-0.05, 0) is 48.6 Å². The van der Waals surface area contributed by atoms with Gasteiger partial charge < -0.3 is 14.2 Å². The lowest BCUT2D eigenvalue weighted by Gasteiger charge is -2.46. The van der Waals surface area contributed by atoms with Crippen molar-refractivity contribution in [3.05, 3.63) is 33.8 Å². The Balaban J connectivity index is 1.63. The van der Waals surface area contributed by atoms with Gasteiger partial charge in [0.25, 0.3) is 0 Å². The van der Waals surface area contributed by atoms with Gasteiger partial charge in [0, 0.05) is 22.7 Å². The van der Waals surface area contributed by atoms with Gasteiger partial charge in [0.1, 0.15) is 5.75 Å². The molecule has 0 unspecified atom stereocenters. The lowest BCUT2D eigenvalue weighted by molar-refractivity contribution is -0.283. The van der Waals surface area contributed by atoms with E-state index in [9.17, 15) is 0 Å². The molecule has 22 heavy (non-hydrogen) atoms. The molecule has 1 aromatic rings. The lowest BCUT2D eigenvalue weighted by atomic mass is 9.69. The van der Waals surface area contributed by atoms with E-state index in [2.05, 4.69) is 40.2 Å². The molecule has 0 atom stereocenters. The number of fused-ring (bicyclic) bond motifs is 2. The first-order valence-electron chi connectivity index (χ1n) is 8.02. The van der Waals surface area contributed by atoms with Gasteiger partial charge in [0.15, 0.2) is 5.79 Å². The van der Waals surface area contributed by atoms with Gasteiger partial charge in [0.2, 0.25) is 0 Å². The van der Waals surface area contributed by atoms with Gasteiger partial charge in [-0.3, -0.25) is 0 Å². The summed E-state index contributed by atoms with van der Waals surface area (Å²) in [6.45, 7) is 1.66. The van der Waals surface area contributed by atoms with Gasteiger partial charge in [0.05, 0.1) is 20.3 Å². The van der Waals surface area contributed by atoms with Gasteiger partial charge >= 0.3 is 0 Å². The third kappa shape index (κ3) is 2.15. The zero-order valence-electron chi connectivity index (χ0n) is 12.9. The van der Waals surface area contributed by atoms with E-state index >= 15 is 0 Å². The number of methoxy groups -OCH3 is 1. The summed E-state index contributed by atoms with van der Waals surface area (Å²) in [4.78, 5) is 0. The summed E-state index contributed by atoms with van der Waals surface area (Å²) in [7, 11) is 1.72. The number of halogens is 1. The molecule has 0 amide bonds. The summed E-state index contributed by atoms with van der Waals surface area (Å²) in [5.74, 6) is 0.588. The van der Waals surface area contributed by atoms with Crippen molar-refractivity contribution < 1.29 is 14.2 Å². The molecule has 3 aliphatic rings. The molecule has 0 aromatic heterocycles. The van der Waals surface area contributed by atoms with Crippen LogP contribution in [0.15, 0.2) is 22.7 Å². The molecule has 1 aromatic carbocycles. The van der Waals surface area contributed by atoms with Crippen molar-refractivity contribution in [3.63, 3.8) is 0 Å². The Morgan fingerprint density at radius 1 is 1.09 bits per heavy atom. The van der Waals surface area contributed by atoms with Gasteiger partial charge in [-0.15, -0.1) is 0 Å². The highest BCUT2D eigenvalue weighted by molar-refractivity contribution is 9.11. The zero-order chi connectivity index (χ0) is 15.2. The minimum Gasteiger partial charge on any atom is -0.497 e. The molecule has 4 rings (SSSR count). The Kier molecular flexibility index (Phi) is 3.59. The van der Waals surface area contributed by atoms with Crippen molar-refractivity contribution in [2.45, 2.75) is 43.3 Å². The van der Waals surface area contributed by atoms with Crippen LogP contribution in [0.2, 0.25) is 0 Å². The molecule has 1 saturated carbocycles. The van der Waals surface area contributed by atoms with E-state index < -0.39 is 0 Å². The Hall–Kier alpha value is -0.840. The molecule has 2 fully saturated rings. The molecule has 2 spiro atoms. The largest absolute Gasteiger partial charge is 0.497 e. The van der Waals surface area contributed by atoms with Gasteiger partial charge in [-0.1, -0.05) is 22.0 Å². The van der Waals surface area contributed by atoms with E-state index in [-0.39, 0.29) is 11.2 Å². The van der Waals surface area contributed by atoms with Gasteiger partial charge in [-0.25, -0.2) is 0 Å². The van der Waals surface area contributed by atoms with Crippen LogP contribution in [0.25, 0.3) is 6.08 Å². The van der Waals surface area contributed by atoms with Crippen LogP contribution in [-0.4, -0.2) is 26.1 Å². The maximum absolute atomic E-state index is 5.99. The van der Waals surface area contributed by atoms with Gasteiger partial charge in [-0.2, -0.15) is 0 Å². The summed E-state index contributed by atoms with van der Waals surface area (Å²) >= 11 is 3.84. The Morgan fingerprint density at radius 2 is 1.82 bits per heavy atom. The van der Waals surface area contributed by atoms with E-state index in [1.165, 1.54) is 15.6 Å². The molecule has 4 heteroatoms. The highest BCUT2D eigenvalue weighted by atomic mass is 79.9. The molecule has 3 nitrogen and oxygen atoms in total. The van der Waals surface area contributed by atoms with Crippen LogP contribution in [-0.2, 0) is 14.9 Å². The number of hydrogen-bond acceptors (Lipinski definition) is 3. The first kappa shape index (κ1) is 14.7. The molecule has 1 aliphatic heterocycles. The van der Waals surface area contributed by atoms with Crippen molar-refractivity contribution in [3.8, 4) is 5.75 Å². The van der Waals surface area contributed by atoms with E-state index in [4.69, 9.17) is 14.2 Å². The predicted molar refractivity (Wildman–Crippen MR) is 89.3 cm³/mol. The first-order valence-corrected chi connectivity index (χ1v) is 8.81. The van der Waals surface area contributed by atoms with E-state index in [0.29, 0.717) is 0 Å². The Bertz CT molecular complexity index is 607. The van der Waals surface area contributed by atoms with Crippen molar-refractivity contribution in [1.82, 2.24) is 0 Å². The van der Waals surface area contributed by atoms with Crippen LogP contribution in [0.4, 0.5) is 0 Å². The fourth-order valence-electron chi connectivity index (χ4n) is 4.10. The fraction of sp³-hybridized carbons (Fsp3) is 0.556. The van der Waals surface area contributed by atoms with Crippen LogP contribution < -0.4 is 4.74 Å². The molecule has 0 N–H and O–H groups in total. The quantitative estimate of drug-likeness (QED) is 0.739. The van der Waals surface area contributed by atoms with Crippen molar-refractivity contribution >= 4 is 22.0 Å². The van der Waals surface area contributed by atoms with Crippen molar-refractivity contribution in [1.29, 1.82) is 0 Å². The first-order chi connectivity index (χ1) is 10.7. The van der Waals surface area contributed by atoms with E-state index in [1.54, 1.807) is 7.11 Å². The minimum absolute atomic E-state index is 0.0943. The number of ether oxygens (including phenoxy) is 3. The number of rotatable bonds is 1. The second kappa shape index (κ2) is 5.36. The summed E-state index contributed by atoms with van der Waals surface area (Å²) in [6, 6.07) is 6.42. The zero-order valence-corrected chi connectivity index (χ0v) is 14.4. The monoisotopic (exact) mass is 364 g/mol. The second-order valence-electron chi connectivity index (χ2n) is 6.49. The maximum Gasteiger partial charge on any atom is 0.168 e. The van der Waals surface area contributed by atoms with E-state index in [0.717, 1.165) is 51.1 Å². The topological polar surface area (TPSA) is 27.7 Å². The molecule has 1 saturated heterocycles. The Labute approximate surface area is 139 Å². The van der Waals surface area contributed by atoms with Crippen LogP contribution in [0, 0.1) is 0 Å². The average Bonchev–Trinajstić information content (AvgIpc) is 2.83. The summed E-state index contributed by atoms with van der Waals surface area (Å²) in [6.07, 6.45) is 7.30. The summed E-state index contributed by atoms with van der Waals surface area (Å²) < 4.78 is 18.6. The standard InChI is InChI=1S/C18H21BrO3/c1-20-14-3-4-15-13(11-14)12-16(19)17(15)5-7-18(8-6-17)21-9-2-10-22-18/h3-4,11-12H,2,5-10H2,1H3. The van der Waals surface area contributed by atoms with Crippen LogP contribution in [0.5, 0.6) is 5.75 Å². The highest BCUT2D eigenvalue weighted by Gasteiger charge is 2.49. The number of benzene rings is 1. The molecule has 1 heterocycles. The maximum atomic E-state index is 5.99. The second-order valence-corrected chi connectivity index (χ2v) is 7.34. The normalized spacial score (nSPS) is 25.1. The lowest BCUT2D eigenvalue weighted by Crippen LogP contribution is -2.47. The van der Waals surface area contributed by atoms with Crippen LogP contribution in [0.1, 0.15) is 43.2 Å². The fourth-order valence-corrected chi connectivity index (χ4v) is 4.95. The summed E-state index contributed by atoms with van der Waals surface area (Å²) in [5, 5.41) is 0. The number of allylic oxidation sites excluding steroid dienone is 1. The average molecular weight is 365 g/mol. The van der Waals surface area contributed by atoms with Crippen molar-refractivity contribution in [2.75, 3.05) is 20.3 Å². The molecular formula is C18H21BrO3. The molecular weight excluding hydrogens is 344 g/mol. The smallest absolute Gasteiger partial charge is 0.168 e. The molecule has 0 bridgehead atoms. The number of hydrogen-bond donors (Lipinski definition) is 0. The predicted octanol–water partition coefficient (Wildman–Crippen LogP) is 4.39. The third-order valence-corrected chi connectivity index (χ3v) is 6.39. The van der Waals surface area contributed by atoms with Crippen molar-refractivity contribution in [2.24, 2.45) is 0 Å². The Morgan fingerprint density at radius 3 is 2.50 bits per heavy atom. The van der Waals surface area contributed by atoms with E-state index in [1.807, 2.05) is 0 Å². The minimum atomic E-state index is -0.327. The third-order valence-electron chi connectivity index (χ3n) is 5.40. The van der Waals surface area contributed by atoms with Crippen LogP contribution >= 0.6 is 15.9 Å². The highest BCUT2D eigenvalue weighted by Crippen LogP contribution is 2.56. The summed E-state index contributed by atoms with van der Waals surface area (Å²) in [5.41, 5.74) is 2.77. The SMILES string of the molecule is COc1ccc2c(c1)C=C(Br)C21CCC2(CC1)OCCCO2. The van der Waals surface area contributed by atoms with Crippen LogP contribution in [0.3, 0.4) is 0 Å².